The lowest BCUT2D eigenvalue weighted by atomic mass is 10.8. The first-order valence-corrected chi connectivity index (χ1v) is 1.49. The van der Waals surface area contributed by atoms with Crippen molar-refractivity contribution < 1.29 is 12.2 Å². The van der Waals surface area contributed by atoms with Gasteiger partial charge in [-0.2, -0.15) is 0 Å². The van der Waals surface area contributed by atoms with Crippen molar-refractivity contribution >= 4 is 0 Å². The largest absolute Gasteiger partial charge is 0.353 e. The first-order chi connectivity index (χ1) is 3.21. The van der Waals surface area contributed by atoms with Gasteiger partial charge in [0.1, 0.15) is 6.75 Å². The molecule has 2 heteroatoms. The van der Waals surface area contributed by atoms with Crippen LogP contribution < -0.4 is 0 Å². The monoisotopic (exact) mass is 76.0 g/mol. The van der Waals surface area contributed by atoms with Crippen LogP contribution in [0.15, 0.2) is 0 Å². The van der Waals surface area contributed by atoms with Gasteiger partial charge in [0.15, 0.2) is 0 Å². The number of hydrogen-bond acceptors (Lipinski definition) is 2. The van der Waals surface area contributed by atoms with Crippen molar-refractivity contribution in [3.63, 3.8) is 0 Å². The second-order valence-electron chi connectivity index (χ2n) is 0.780. The maximum atomic E-state index is 6.71. The van der Waals surface area contributed by atoms with Gasteiger partial charge in [0.05, 0.1) is 16.0 Å². The SMILES string of the molecule is [2H]C1([2H])OCCO1. The lowest BCUT2D eigenvalue weighted by molar-refractivity contribution is 0.0692. The number of ether oxygens (including phenoxy) is 2. The summed E-state index contributed by atoms with van der Waals surface area (Å²) in [5.74, 6) is 0. The van der Waals surface area contributed by atoms with Crippen molar-refractivity contribution in [3.05, 3.63) is 0 Å². The molecule has 1 saturated heterocycles. The maximum absolute atomic E-state index is 6.71. The number of rotatable bonds is 0. The topological polar surface area (TPSA) is 18.5 Å². The fraction of sp³-hybridized carbons (Fsp3) is 1.00. The zero-order valence-corrected chi connectivity index (χ0v) is 2.73. The van der Waals surface area contributed by atoms with Crippen LogP contribution in [-0.2, 0) is 9.47 Å². The van der Waals surface area contributed by atoms with Crippen LogP contribution in [0.4, 0.5) is 0 Å². The molecule has 1 heterocycles. The minimum atomic E-state index is -1.81. The molecule has 0 aromatic carbocycles. The highest BCUT2D eigenvalue weighted by Gasteiger charge is 1.93. The van der Waals surface area contributed by atoms with E-state index in [9.17, 15) is 0 Å². The molecule has 1 fully saturated rings. The molecule has 0 radical (unpaired) electrons. The minimum Gasteiger partial charge on any atom is -0.353 e. The normalized spacial score (nSPS) is 40.0. The molecule has 0 spiro atoms. The third kappa shape index (κ3) is 0.597. The third-order valence-electron chi connectivity index (χ3n) is 0.405. The highest BCUT2D eigenvalue weighted by Crippen LogP contribution is 1.85. The molecule has 1 rings (SSSR count). The molecule has 0 aliphatic carbocycles. The molecular formula is C3H6O2. The van der Waals surface area contributed by atoms with Crippen LogP contribution in [0.2, 0.25) is 0 Å². The molecule has 0 amide bonds. The fourth-order valence-corrected chi connectivity index (χ4v) is 0.208. The molecule has 1 aliphatic heterocycles. The van der Waals surface area contributed by atoms with Crippen LogP contribution in [0.5, 0.6) is 0 Å². The summed E-state index contributed by atoms with van der Waals surface area (Å²) < 4.78 is 22.3. The smallest absolute Gasteiger partial charge is 0.146 e. The van der Waals surface area contributed by atoms with Gasteiger partial charge in [0.2, 0.25) is 0 Å². The van der Waals surface area contributed by atoms with E-state index < -0.39 is 6.75 Å². The highest BCUT2D eigenvalue weighted by atomic mass is 16.7. The van der Waals surface area contributed by atoms with Crippen LogP contribution in [0.3, 0.4) is 0 Å². The lowest BCUT2D eigenvalue weighted by Crippen LogP contribution is -1.79. The lowest BCUT2D eigenvalue weighted by Gasteiger charge is -1.76. The maximum Gasteiger partial charge on any atom is 0.146 e. The first kappa shape index (κ1) is 1.58. The summed E-state index contributed by atoms with van der Waals surface area (Å²) in [6, 6.07) is 0. The third-order valence-corrected chi connectivity index (χ3v) is 0.405. The summed E-state index contributed by atoms with van der Waals surface area (Å²) >= 11 is 0. The molecule has 0 aromatic rings. The molecule has 2 nitrogen and oxygen atoms in total. The van der Waals surface area contributed by atoms with Gasteiger partial charge in [-0.1, -0.05) is 0 Å². The van der Waals surface area contributed by atoms with E-state index in [2.05, 4.69) is 9.47 Å². The van der Waals surface area contributed by atoms with E-state index in [-0.39, 0.29) is 0 Å². The van der Waals surface area contributed by atoms with Crippen molar-refractivity contribution in [2.75, 3.05) is 20.0 Å². The van der Waals surface area contributed by atoms with Crippen LogP contribution in [0.1, 0.15) is 2.74 Å². The van der Waals surface area contributed by atoms with E-state index >= 15 is 0 Å². The van der Waals surface area contributed by atoms with E-state index in [0.29, 0.717) is 13.2 Å². The summed E-state index contributed by atoms with van der Waals surface area (Å²) in [7, 11) is 0. The summed E-state index contributed by atoms with van der Waals surface area (Å²) in [6.07, 6.45) is 0. The van der Waals surface area contributed by atoms with Gasteiger partial charge < -0.3 is 9.47 Å². The predicted octanol–water partition coefficient (Wildman–Crippen LogP) is -0.00930. The fourth-order valence-electron chi connectivity index (χ4n) is 0.208. The Labute approximate surface area is 33.5 Å². The molecule has 0 aromatic heterocycles. The number of hydrogen-bond donors (Lipinski definition) is 0. The van der Waals surface area contributed by atoms with E-state index in [1.54, 1.807) is 0 Å². The van der Waals surface area contributed by atoms with Gasteiger partial charge in [0, 0.05) is 0 Å². The second-order valence-corrected chi connectivity index (χ2v) is 0.780. The zero-order chi connectivity index (χ0) is 5.33. The summed E-state index contributed by atoms with van der Waals surface area (Å²) in [5.41, 5.74) is 0. The van der Waals surface area contributed by atoms with Gasteiger partial charge in [-0.3, -0.25) is 0 Å². The van der Waals surface area contributed by atoms with Crippen molar-refractivity contribution in [2.24, 2.45) is 0 Å². The van der Waals surface area contributed by atoms with E-state index in [1.165, 1.54) is 0 Å². The van der Waals surface area contributed by atoms with Gasteiger partial charge in [-0.15, -0.1) is 0 Å². The highest BCUT2D eigenvalue weighted by molar-refractivity contribution is 4.28. The average Bonchev–Trinajstić information content (AvgIpc) is 1.84. The summed E-state index contributed by atoms with van der Waals surface area (Å²) in [5, 5.41) is 0. The van der Waals surface area contributed by atoms with Gasteiger partial charge in [0.25, 0.3) is 0 Å². The Kier molecular flexibility index (Phi) is 0.436. The van der Waals surface area contributed by atoms with E-state index in [4.69, 9.17) is 2.74 Å². The minimum absolute atomic E-state index is 0.368. The van der Waals surface area contributed by atoms with Gasteiger partial charge in [-0.25, -0.2) is 0 Å². The summed E-state index contributed by atoms with van der Waals surface area (Å²) in [4.78, 5) is 0. The Morgan fingerprint density at radius 1 is 1.40 bits per heavy atom. The molecule has 5 heavy (non-hydrogen) atoms. The molecule has 1 aliphatic rings. The zero-order valence-electron chi connectivity index (χ0n) is 4.73. The second kappa shape index (κ2) is 1.38. The van der Waals surface area contributed by atoms with Crippen LogP contribution >= 0.6 is 0 Å². The van der Waals surface area contributed by atoms with Crippen molar-refractivity contribution in [1.29, 1.82) is 0 Å². The van der Waals surface area contributed by atoms with Gasteiger partial charge >= 0.3 is 0 Å². The molecular weight excluding hydrogens is 68.0 g/mol. The van der Waals surface area contributed by atoms with Crippen molar-refractivity contribution in [2.45, 2.75) is 0 Å². The standard InChI is InChI=1S/C3H6O2/c1-2-5-3-4-1/h1-3H2/i3D2. The Bertz CT molecular complexity index is 65.3. The molecule has 0 unspecified atom stereocenters. The first-order valence-electron chi connectivity index (χ1n) is 2.49. The Hall–Kier alpha value is -0.0800. The van der Waals surface area contributed by atoms with E-state index in [1.807, 2.05) is 0 Å². The molecule has 0 N–H and O–H groups in total. The molecule has 0 atom stereocenters. The quantitative estimate of drug-likeness (QED) is 0.404. The molecule has 30 valence electrons. The van der Waals surface area contributed by atoms with Crippen molar-refractivity contribution in [3.8, 4) is 0 Å². The summed E-state index contributed by atoms with van der Waals surface area (Å²) in [6.45, 7) is -1.07. The average molecular weight is 76.1 g/mol. The Morgan fingerprint density at radius 2 is 2.00 bits per heavy atom. The predicted molar refractivity (Wildman–Crippen MR) is 16.8 cm³/mol. The Balaban J connectivity index is 2.40. The van der Waals surface area contributed by atoms with Crippen LogP contribution in [0.25, 0.3) is 0 Å². The van der Waals surface area contributed by atoms with Gasteiger partial charge in [-0.05, 0) is 0 Å². The molecule has 0 bridgehead atoms. The van der Waals surface area contributed by atoms with Crippen molar-refractivity contribution in [1.82, 2.24) is 0 Å². The van der Waals surface area contributed by atoms with E-state index in [0.717, 1.165) is 0 Å². The van der Waals surface area contributed by atoms with Crippen LogP contribution in [-0.4, -0.2) is 20.0 Å². The molecule has 0 saturated carbocycles. The Morgan fingerprint density at radius 3 is 2.20 bits per heavy atom. The van der Waals surface area contributed by atoms with Crippen LogP contribution in [0, 0.1) is 0 Å².